The van der Waals surface area contributed by atoms with Crippen LogP contribution in [0.25, 0.3) is 20.2 Å². The largest absolute Gasteiger partial charge is 0.412 e. The summed E-state index contributed by atoms with van der Waals surface area (Å²) in [6.45, 7) is 5.91. The summed E-state index contributed by atoms with van der Waals surface area (Å²) in [5.74, 6) is 1.07. The molecule has 1 amide bonds. The molecule has 3 N–H and O–H groups in total. The van der Waals surface area contributed by atoms with Gasteiger partial charge in [0.2, 0.25) is 0 Å². The van der Waals surface area contributed by atoms with E-state index in [9.17, 15) is 4.79 Å². The Morgan fingerprint density at radius 2 is 1.52 bits per heavy atom. The zero-order valence-corrected chi connectivity index (χ0v) is 20.6. The van der Waals surface area contributed by atoms with Gasteiger partial charge in [0.15, 0.2) is 0 Å². The second-order valence-electron chi connectivity index (χ2n) is 7.82. The van der Waals surface area contributed by atoms with Gasteiger partial charge in [0.1, 0.15) is 11.5 Å². The number of hydrogen-bond donors (Lipinski definition) is 1. The number of anilines is 1. The van der Waals surface area contributed by atoms with Crippen molar-refractivity contribution in [2.45, 2.75) is 12.8 Å². The van der Waals surface area contributed by atoms with Gasteiger partial charge in [-0.15, -0.1) is 12.4 Å². The molecule has 4 aromatic rings. The lowest BCUT2D eigenvalue weighted by atomic mass is 10.2. The van der Waals surface area contributed by atoms with Crippen LogP contribution in [0, 0.1) is 0 Å². The molecule has 2 aromatic heterocycles. The van der Waals surface area contributed by atoms with Crippen molar-refractivity contribution in [2.75, 3.05) is 44.2 Å². The van der Waals surface area contributed by atoms with Crippen LogP contribution in [-0.2, 0) is 0 Å². The first-order chi connectivity index (χ1) is 15.3. The molecule has 7 nitrogen and oxygen atoms in total. The van der Waals surface area contributed by atoms with E-state index in [0.717, 1.165) is 61.5 Å². The highest BCUT2D eigenvalue weighted by molar-refractivity contribution is 7.14. The minimum Gasteiger partial charge on any atom is -0.412 e. The highest BCUT2D eigenvalue weighted by atomic mass is 35.5. The Kier molecular flexibility index (Phi) is 8.99. The summed E-state index contributed by atoms with van der Waals surface area (Å²) in [5, 5.41) is 5.24. The Hall–Kier alpha value is -2.30. The molecular weight excluding hydrogens is 478 g/mol. The van der Waals surface area contributed by atoms with E-state index >= 15 is 0 Å². The first-order valence-corrected chi connectivity index (χ1v) is 12.3. The Balaban J connectivity index is 0.00000153. The maximum atomic E-state index is 12.4. The fraction of sp³-hybridized carbons (Fsp3) is 0.348. The van der Waals surface area contributed by atoms with Crippen LogP contribution < -0.4 is 10.2 Å². The number of unbranched alkanes of at least 4 members (excludes halogenated alkanes) is 1. The van der Waals surface area contributed by atoms with Gasteiger partial charge in [0.25, 0.3) is 5.91 Å². The van der Waals surface area contributed by atoms with Gasteiger partial charge in [0.05, 0.1) is 9.40 Å². The highest BCUT2D eigenvalue weighted by Crippen LogP contribution is 2.29. The molecule has 1 aliphatic rings. The van der Waals surface area contributed by atoms with Crippen LogP contribution in [-0.4, -0.2) is 64.3 Å². The van der Waals surface area contributed by atoms with Crippen molar-refractivity contribution in [1.29, 1.82) is 0 Å². The van der Waals surface area contributed by atoms with Gasteiger partial charge >= 0.3 is 0 Å². The number of piperazine rings is 1. The Labute approximate surface area is 207 Å². The van der Waals surface area contributed by atoms with Crippen LogP contribution in [0.3, 0.4) is 0 Å². The number of rotatable bonds is 7. The molecule has 0 saturated carbocycles. The predicted molar refractivity (Wildman–Crippen MR) is 140 cm³/mol. The lowest BCUT2D eigenvalue weighted by molar-refractivity contribution is 0.0950. The number of nitrogens with zero attached hydrogens (tertiary/aromatic N) is 4. The monoisotopic (exact) mass is 505 g/mol. The van der Waals surface area contributed by atoms with Gasteiger partial charge < -0.3 is 15.7 Å². The predicted octanol–water partition coefficient (Wildman–Crippen LogP) is 3.84. The molecule has 1 fully saturated rings. The van der Waals surface area contributed by atoms with Crippen LogP contribution in [0.4, 0.5) is 5.82 Å². The van der Waals surface area contributed by atoms with E-state index in [1.54, 1.807) is 11.5 Å². The molecule has 5 rings (SSSR count). The summed E-state index contributed by atoms with van der Waals surface area (Å²) in [6.07, 6.45) is 2.06. The van der Waals surface area contributed by atoms with Crippen LogP contribution in [0.5, 0.6) is 0 Å². The quantitative estimate of drug-likeness (QED) is 0.385. The topological polar surface area (TPSA) is 92.9 Å². The lowest BCUT2D eigenvalue weighted by Gasteiger charge is -2.35. The minimum atomic E-state index is -0.0680. The lowest BCUT2D eigenvalue weighted by Crippen LogP contribution is -2.46. The van der Waals surface area contributed by atoms with Crippen molar-refractivity contribution < 1.29 is 10.3 Å². The van der Waals surface area contributed by atoms with Gasteiger partial charge in [-0.05, 0) is 60.7 Å². The molecule has 0 radical (unpaired) electrons. The van der Waals surface area contributed by atoms with Crippen LogP contribution in [0.1, 0.15) is 23.3 Å². The van der Waals surface area contributed by atoms with E-state index in [1.807, 2.05) is 24.3 Å². The van der Waals surface area contributed by atoms with Gasteiger partial charge in [-0.2, -0.15) is 8.75 Å². The highest BCUT2D eigenvalue weighted by Gasteiger charge is 2.20. The van der Waals surface area contributed by atoms with E-state index in [2.05, 4.69) is 43.8 Å². The number of aromatic nitrogens is 2. The second kappa shape index (κ2) is 11.7. The molecule has 0 unspecified atom stereocenters. The van der Waals surface area contributed by atoms with Crippen LogP contribution in [0.15, 0.2) is 48.5 Å². The maximum Gasteiger partial charge on any atom is 0.271 e. The van der Waals surface area contributed by atoms with Gasteiger partial charge in [-0.1, -0.05) is 30.3 Å². The van der Waals surface area contributed by atoms with Crippen molar-refractivity contribution in [3.8, 4) is 0 Å². The summed E-state index contributed by atoms with van der Waals surface area (Å²) in [6, 6.07) is 16.4. The second-order valence-corrected chi connectivity index (χ2v) is 9.43. The SMILES string of the molecule is Cl.O.O=C(NCCCCN1CCN(c2nsc3ccccc23)CC1)c1nsc2ccccc12. The fourth-order valence-electron chi connectivity index (χ4n) is 4.08. The first kappa shape index (κ1) is 25.3. The molecule has 1 aliphatic heterocycles. The molecule has 176 valence electrons. The molecule has 0 bridgehead atoms. The average Bonchev–Trinajstić information content (AvgIpc) is 3.44. The zero-order valence-electron chi connectivity index (χ0n) is 18.2. The van der Waals surface area contributed by atoms with Crippen molar-refractivity contribution in [1.82, 2.24) is 19.0 Å². The van der Waals surface area contributed by atoms with E-state index in [1.165, 1.54) is 21.6 Å². The summed E-state index contributed by atoms with van der Waals surface area (Å²) in [7, 11) is 0. The van der Waals surface area contributed by atoms with Crippen LogP contribution >= 0.6 is 35.5 Å². The van der Waals surface area contributed by atoms with Crippen LogP contribution in [0.2, 0.25) is 0 Å². The average molecular weight is 506 g/mol. The first-order valence-electron chi connectivity index (χ1n) is 10.7. The zero-order chi connectivity index (χ0) is 21.0. The van der Waals surface area contributed by atoms with Gasteiger partial charge in [-0.3, -0.25) is 9.69 Å². The van der Waals surface area contributed by atoms with Crippen molar-refractivity contribution >= 4 is 67.4 Å². The van der Waals surface area contributed by atoms with E-state index < -0.39 is 0 Å². The summed E-state index contributed by atoms with van der Waals surface area (Å²) >= 11 is 2.96. The smallest absolute Gasteiger partial charge is 0.271 e. The minimum absolute atomic E-state index is 0. The standard InChI is InChI=1S/C23H25N5OS2.ClH.H2O/c29-23(21-17-7-1-3-9-19(17)30-25-21)24-11-5-6-12-27-13-15-28(16-14-27)22-18-8-2-4-10-20(18)31-26-22;;/h1-4,7-10H,5-6,11-16H2,(H,24,29);1H;1H2. The Morgan fingerprint density at radius 1 is 0.879 bits per heavy atom. The number of fused-ring (bicyclic) bond motifs is 2. The van der Waals surface area contributed by atoms with Crippen molar-refractivity contribution in [3.05, 3.63) is 54.2 Å². The number of benzene rings is 2. The van der Waals surface area contributed by atoms with Crippen molar-refractivity contribution in [3.63, 3.8) is 0 Å². The molecular formula is C23H28ClN5O2S2. The third-order valence-corrected chi connectivity index (χ3v) is 7.45. The molecule has 0 spiro atoms. The number of nitrogens with one attached hydrogen (secondary N) is 1. The number of carbonyl (C=O) groups excluding carboxylic acids is 1. The molecule has 0 atom stereocenters. The summed E-state index contributed by atoms with van der Waals surface area (Å²) in [4.78, 5) is 17.4. The molecule has 3 heterocycles. The molecule has 33 heavy (non-hydrogen) atoms. The van der Waals surface area contributed by atoms with E-state index in [0.29, 0.717) is 12.2 Å². The normalized spacial score (nSPS) is 14.1. The number of carbonyl (C=O) groups is 1. The third kappa shape index (κ3) is 5.62. The van der Waals surface area contributed by atoms with Crippen molar-refractivity contribution in [2.24, 2.45) is 0 Å². The molecule has 1 saturated heterocycles. The number of amides is 1. The van der Waals surface area contributed by atoms with Gasteiger partial charge in [0, 0.05) is 43.5 Å². The number of hydrogen-bond acceptors (Lipinski definition) is 7. The van der Waals surface area contributed by atoms with E-state index in [-0.39, 0.29) is 23.8 Å². The Bertz CT molecular complexity index is 1190. The molecule has 10 heteroatoms. The summed E-state index contributed by atoms with van der Waals surface area (Å²) in [5.41, 5.74) is 0.547. The molecule has 0 aliphatic carbocycles. The molecule has 2 aromatic carbocycles. The third-order valence-electron chi connectivity index (χ3n) is 5.81. The van der Waals surface area contributed by atoms with E-state index in [4.69, 9.17) is 4.37 Å². The fourth-order valence-corrected chi connectivity index (χ4v) is 5.65. The van der Waals surface area contributed by atoms with Gasteiger partial charge in [-0.25, -0.2) is 0 Å². The number of halogens is 1. The summed E-state index contributed by atoms with van der Waals surface area (Å²) < 4.78 is 11.3. The Morgan fingerprint density at radius 3 is 2.27 bits per heavy atom. The maximum absolute atomic E-state index is 12.4.